The van der Waals surface area contributed by atoms with Crippen LogP contribution in [-0.2, 0) is 0 Å². The lowest BCUT2D eigenvalue weighted by molar-refractivity contribution is 0.0948. The number of aromatic hydroxyl groups is 1. The van der Waals surface area contributed by atoms with Crippen LogP contribution in [0.15, 0.2) is 18.2 Å². The summed E-state index contributed by atoms with van der Waals surface area (Å²) in [7, 11) is 0. The fourth-order valence-corrected chi connectivity index (χ4v) is 1.15. The molecule has 3 heteroatoms. The Hall–Kier alpha value is -1.51. The van der Waals surface area contributed by atoms with Crippen molar-refractivity contribution in [3.63, 3.8) is 0 Å². The first-order chi connectivity index (χ1) is 7.00. The van der Waals surface area contributed by atoms with Gasteiger partial charge >= 0.3 is 0 Å². The molecule has 0 aliphatic carbocycles. The number of benzene rings is 1. The standard InChI is InChI=1S/C12H17NO2/c1-8(2)7-13-12(15)10-5-4-9(3)11(14)6-10/h4-6,8,14H,7H2,1-3H3,(H,13,15). The second kappa shape index (κ2) is 4.82. The molecular weight excluding hydrogens is 190 g/mol. The van der Waals surface area contributed by atoms with Crippen LogP contribution in [0.4, 0.5) is 0 Å². The average molecular weight is 207 g/mol. The minimum absolute atomic E-state index is 0.140. The quantitative estimate of drug-likeness (QED) is 0.797. The molecule has 0 unspecified atom stereocenters. The Balaban J connectivity index is 2.70. The molecule has 15 heavy (non-hydrogen) atoms. The number of hydrogen-bond acceptors (Lipinski definition) is 2. The molecule has 0 heterocycles. The molecule has 0 bridgehead atoms. The SMILES string of the molecule is Cc1ccc(C(=O)NCC(C)C)cc1O. The van der Waals surface area contributed by atoms with E-state index in [4.69, 9.17) is 0 Å². The Kier molecular flexibility index (Phi) is 3.72. The Morgan fingerprint density at radius 1 is 1.47 bits per heavy atom. The van der Waals surface area contributed by atoms with E-state index in [0.29, 0.717) is 18.0 Å². The van der Waals surface area contributed by atoms with Crippen molar-refractivity contribution in [2.24, 2.45) is 5.92 Å². The summed E-state index contributed by atoms with van der Waals surface area (Å²) in [4.78, 5) is 11.6. The molecule has 0 saturated heterocycles. The van der Waals surface area contributed by atoms with Crippen molar-refractivity contribution in [1.29, 1.82) is 0 Å². The van der Waals surface area contributed by atoms with Gasteiger partial charge in [0.25, 0.3) is 5.91 Å². The highest BCUT2D eigenvalue weighted by Gasteiger charge is 2.07. The highest BCUT2D eigenvalue weighted by atomic mass is 16.3. The van der Waals surface area contributed by atoms with Crippen LogP contribution < -0.4 is 5.32 Å². The molecule has 1 aromatic carbocycles. The summed E-state index contributed by atoms with van der Waals surface area (Å²) < 4.78 is 0. The van der Waals surface area contributed by atoms with Gasteiger partial charge in [-0.1, -0.05) is 19.9 Å². The molecule has 0 atom stereocenters. The third kappa shape index (κ3) is 3.27. The molecule has 0 fully saturated rings. The normalized spacial score (nSPS) is 10.4. The summed E-state index contributed by atoms with van der Waals surface area (Å²) in [5, 5.41) is 12.2. The van der Waals surface area contributed by atoms with E-state index < -0.39 is 0 Å². The number of carbonyl (C=O) groups is 1. The predicted molar refractivity (Wildman–Crippen MR) is 60.0 cm³/mol. The Labute approximate surface area is 90.1 Å². The lowest BCUT2D eigenvalue weighted by Gasteiger charge is -2.08. The maximum atomic E-state index is 11.6. The first-order valence-electron chi connectivity index (χ1n) is 5.08. The highest BCUT2D eigenvalue weighted by molar-refractivity contribution is 5.94. The van der Waals surface area contributed by atoms with E-state index in [1.54, 1.807) is 19.1 Å². The smallest absolute Gasteiger partial charge is 0.251 e. The van der Waals surface area contributed by atoms with E-state index >= 15 is 0 Å². The van der Waals surface area contributed by atoms with Gasteiger partial charge in [0.1, 0.15) is 5.75 Å². The molecule has 0 saturated carbocycles. The van der Waals surface area contributed by atoms with Crippen molar-refractivity contribution in [2.45, 2.75) is 20.8 Å². The zero-order valence-corrected chi connectivity index (χ0v) is 9.37. The molecule has 1 amide bonds. The number of amides is 1. The first-order valence-corrected chi connectivity index (χ1v) is 5.08. The molecule has 1 aromatic rings. The minimum Gasteiger partial charge on any atom is -0.508 e. The zero-order valence-electron chi connectivity index (χ0n) is 9.37. The van der Waals surface area contributed by atoms with Crippen molar-refractivity contribution >= 4 is 5.91 Å². The van der Waals surface area contributed by atoms with E-state index in [2.05, 4.69) is 5.32 Å². The van der Waals surface area contributed by atoms with Crippen LogP contribution >= 0.6 is 0 Å². The van der Waals surface area contributed by atoms with Gasteiger partial charge in [-0.15, -0.1) is 0 Å². The zero-order chi connectivity index (χ0) is 11.4. The molecular formula is C12H17NO2. The van der Waals surface area contributed by atoms with E-state index in [-0.39, 0.29) is 11.7 Å². The molecule has 0 aromatic heterocycles. The van der Waals surface area contributed by atoms with Crippen LogP contribution in [0, 0.1) is 12.8 Å². The number of rotatable bonds is 3. The van der Waals surface area contributed by atoms with Crippen molar-refractivity contribution in [3.8, 4) is 5.75 Å². The van der Waals surface area contributed by atoms with Crippen molar-refractivity contribution in [1.82, 2.24) is 5.32 Å². The molecule has 0 radical (unpaired) electrons. The summed E-state index contributed by atoms with van der Waals surface area (Å²) in [6.45, 7) is 6.51. The largest absolute Gasteiger partial charge is 0.508 e. The van der Waals surface area contributed by atoms with Gasteiger partial charge in [0.05, 0.1) is 0 Å². The summed E-state index contributed by atoms with van der Waals surface area (Å²) in [6.07, 6.45) is 0. The molecule has 1 rings (SSSR count). The van der Waals surface area contributed by atoms with Crippen LogP contribution in [0.3, 0.4) is 0 Å². The topological polar surface area (TPSA) is 49.3 Å². The van der Waals surface area contributed by atoms with Crippen LogP contribution in [0.1, 0.15) is 29.8 Å². The number of phenolic OH excluding ortho intramolecular Hbond substituents is 1. The number of phenols is 1. The fourth-order valence-electron chi connectivity index (χ4n) is 1.15. The van der Waals surface area contributed by atoms with Gasteiger partial charge in [-0.2, -0.15) is 0 Å². The number of hydrogen-bond donors (Lipinski definition) is 2. The maximum Gasteiger partial charge on any atom is 0.251 e. The number of nitrogens with one attached hydrogen (secondary N) is 1. The molecule has 82 valence electrons. The lowest BCUT2D eigenvalue weighted by atomic mass is 10.1. The predicted octanol–water partition coefficient (Wildman–Crippen LogP) is 2.09. The first kappa shape index (κ1) is 11.6. The Bertz CT molecular complexity index is 359. The van der Waals surface area contributed by atoms with Gasteiger partial charge in [0.15, 0.2) is 0 Å². The highest BCUT2D eigenvalue weighted by Crippen LogP contribution is 2.17. The van der Waals surface area contributed by atoms with E-state index in [1.165, 1.54) is 6.07 Å². The second-order valence-electron chi connectivity index (χ2n) is 4.11. The van der Waals surface area contributed by atoms with Gasteiger partial charge in [0, 0.05) is 12.1 Å². The van der Waals surface area contributed by atoms with Crippen molar-refractivity contribution in [2.75, 3.05) is 6.54 Å². The summed E-state index contributed by atoms with van der Waals surface area (Å²) in [5.41, 5.74) is 1.27. The molecule has 0 aliphatic heterocycles. The summed E-state index contributed by atoms with van der Waals surface area (Å²) in [6, 6.07) is 4.94. The van der Waals surface area contributed by atoms with Crippen LogP contribution in [0.2, 0.25) is 0 Å². The number of aryl methyl sites for hydroxylation is 1. The molecule has 2 N–H and O–H groups in total. The molecule has 3 nitrogen and oxygen atoms in total. The fraction of sp³-hybridized carbons (Fsp3) is 0.417. The summed E-state index contributed by atoms with van der Waals surface area (Å²) in [5.74, 6) is 0.444. The van der Waals surface area contributed by atoms with Crippen molar-refractivity contribution in [3.05, 3.63) is 29.3 Å². The van der Waals surface area contributed by atoms with E-state index in [9.17, 15) is 9.90 Å². The van der Waals surface area contributed by atoms with E-state index in [0.717, 1.165) is 5.56 Å². The monoisotopic (exact) mass is 207 g/mol. The third-order valence-corrected chi connectivity index (χ3v) is 2.14. The third-order valence-electron chi connectivity index (χ3n) is 2.14. The van der Waals surface area contributed by atoms with Crippen LogP contribution in [0.5, 0.6) is 5.75 Å². The van der Waals surface area contributed by atoms with Gasteiger partial charge in [-0.25, -0.2) is 0 Å². The van der Waals surface area contributed by atoms with Gasteiger partial charge in [-0.05, 0) is 30.5 Å². The average Bonchev–Trinajstić information content (AvgIpc) is 2.18. The summed E-state index contributed by atoms with van der Waals surface area (Å²) >= 11 is 0. The minimum atomic E-state index is -0.140. The second-order valence-corrected chi connectivity index (χ2v) is 4.11. The maximum absolute atomic E-state index is 11.6. The molecule has 0 aliphatic rings. The Morgan fingerprint density at radius 3 is 2.67 bits per heavy atom. The lowest BCUT2D eigenvalue weighted by Crippen LogP contribution is -2.27. The van der Waals surface area contributed by atoms with E-state index in [1.807, 2.05) is 13.8 Å². The van der Waals surface area contributed by atoms with Gasteiger partial charge in [-0.3, -0.25) is 4.79 Å². The molecule has 0 spiro atoms. The van der Waals surface area contributed by atoms with Gasteiger partial charge < -0.3 is 10.4 Å². The number of carbonyl (C=O) groups excluding carboxylic acids is 1. The van der Waals surface area contributed by atoms with Crippen molar-refractivity contribution < 1.29 is 9.90 Å². The van der Waals surface area contributed by atoms with Crippen LogP contribution in [-0.4, -0.2) is 17.6 Å². The van der Waals surface area contributed by atoms with Gasteiger partial charge in [0.2, 0.25) is 0 Å². The van der Waals surface area contributed by atoms with Crippen LogP contribution in [0.25, 0.3) is 0 Å². The Morgan fingerprint density at radius 2 is 2.13 bits per heavy atom.